The third-order valence-electron chi connectivity index (χ3n) is 9.67. The van der Waals surface area contributed by atoms with Crippen molar-refractivity contribution in [2.45, 2.75) is 63.6 Å². The van der Waals surface area contributed by atoms with Crippen molar-refractivity contribution in [2.75, 3.05) is 31.6 Å². The lowest BCUT2D eigenvalue weighted by atomic mass is 9.66. The molecule has 2 aliphatic heterocycles. The maximum Gasteiger partial charge on any atom is 0.416 e. The third-order valence-corrected chi connectivity index (χ3v) is 9.97. The molecule has 17 heteroatoms. The van der Waals surface area contributed by atoms with Crippen LogP contribution in [0.25, 0.3) is 11.4 Å². The second kappa shape index (κ2) is 12.9. The van der Waals surface area contributed by atoms with Gasteiger partial charge in [0.2, 0.25) is 11.7 Å². The normalized spacial score (nSPS) is 17.5. The minimum absolute atomic E-state index is 0.0917. The van der Waals surface area contributed by atoms with Gasteiger partial charge in [-0.3, -0.25) is 14.4 Å². The van der Waals surface area contributed by atoms with Crippen LogP contribution in [0.5, 0.6) is 0 Å². The van der Waals surface area contributed by atoms with Crippen LogP contribution in [-0.4, -0.2) is 72.2 Å². The second-order valence-corrected chi connectivity index (χ2v) is 13.2. The molecule has 1 aromatic carbocycles. The molecule has 2 amide bonds. The molecule has 0 unspecified atom stereocenters. The van der Waals surface area contributed by atoms with E-state index >= 15 is 0 Å². The molecule has 0 saturated carbocycles. The molecule has 1 spiro atoms. The Labute approximate surface area is 287 Å². The number of anilines is 1. The van der Waals surface area contributed by atoms with Gasteiger partial charge >= 0.3 is 6.18 Å². The first-order valence-electron chi connectivity index (χ1n) is 16.1. The van der Waals surface area contributed by atoms with Crippen LogP contribution in [-0.2, 0) is 34.1 Å². The van der Waals surface area contributed by atoms with Gasteiger partial charge in [0.1, 0.15) is 24.4 Å². The fourth-order valence-corrected chi connectivity index (χ4v) is 7.45. The number of piperidine rings is 1. The Morgan fingerprint density at radius 3 is 2.56 bits per heavy atom. The number of alkyl halides is 3. The number of rotatable bonds is 5. The van der Waals surface area contributed by atoms with Crippen molar-refractivity contribution in [2.24, 2.45) is 0 Å². The van der Waals surface area contributed by atoms with Crippen molar-refractivity contribution in [3.8, 4) is 0 Å². The van der Waals surface area contributed by atoms with E-state index in [-0.39, 0.29) is 29.0 Å². The van der Waals surface area contributed by atoms with E-state index in [4.69, 9.17) is 16.3 Å². The average molecular weight is 715 g/mol. The summed E-state index contributed by atoms with van der Waals surface area (Å²) in [4.78, 5) is 55.8. The minimum Gasteiger partial charge on any atom is -0.377 e. The number of halogens is 5. The lowest BCUT2D eigenvalue weighted by Crippen LogP contribution is -2.50. The van der Waals surface area contributed by atoms with Crippen molar-refractivity contribution in [3.05, 3.63) is 85.8 Å². The molecule has 7 rings (SSSR count). The van der Waals surface area contributed by atoms with Gasteiger partial charge in [0.05, 0.1) is 29.5 Å². The largest absolute Gasteiger partial charge is 0.416 e. The first-order chi connectivity index (χ1) is 23.8. The van der Waals surface area contributed by atoms with Crippen LogP contribution in [0.2, 0.25) is 5.02 Å². The summed E-state index contributed by atoms with van der Waals surface area (Å²) in [5, 5.41) is 6.28. The summed E-state index contributed by atoms with van der Waals surface area (Å²) in [5.41, 5.74) is -0.139. The van der Waals surface area contributed by atoms with Gasteiger partial charge in [-0.15, -0.1) is 5.10 Å². The highest BCUT2D eigenvalue weighted by molar-refractivity contribution is 6.33. The van der Waals surface area contributed by atoms with Gasteiger partial charge in [-0.05, 0) is 69.2 Å². The van der Waals surface area contributed by atoms with Gasteiger partial charge in [-0.2, -0.15) is 22.7 Å². The van der Waals surface area contributed by atoms with E-state index < -0.39 is 46.1 Å². The Morgan fingerprint density at radius 1 is 1.10 bits per heavy atom. The summed E-state index contributed by atoms with van der Waals surface area (Å²) in [7, 11) is 0. The van der Waals surface area contributed by atoms with Crippen LogP contribution >= 0.6 is 11.6 Å². The van der Waals surface area contributed by atoms with Crippen molar-refractivity contribution in [1.82, 2.24) is 34.0 Å². The number of nitrogens with one attached hydrogen (secondary N) is 1. The number of likely N-dealkylation sites (tertiary alicyclic amines) is 1. The monoisotopic (exact) mass is 714 g/mol. The molecular formula is C33H31ClF4N8O4. The molecule has 1 fully saturated rings. The minimum atomic E-state index is -4.84. The summed E-state index contributed by atoms with van der Waals surface area (Å²) >= 11 is 6.01. The maximum atomic E-state index is 14.9. The average Bonchev–Trinajstić information content (AvgIpc) is 3.54. The summed E-state index contributed by atoms with van der Waals surface area (Å²) in [6, 6.07) is 2.43. The predicted octanol–water partition coefficient (Wildman–Crippen LogP) is 4.75. The molecule has 4 aromatic rings. The SMILES string of the molecule is Cc1cc(C(=O)N2CCC3(CCCc4c3c(=O)n3nc(C5=CCOCC5)nc3n4CC(=O)Nc3c(F)cc(C(F)(F)F)cc3Cl)CC2)ncn1. The topological polar surface area (TPSA) is 137 Å². The molecule has 12 nitrogen and oxygen atoms in total. The third kappa shape index (κ3) is 6.14. The predicted molar refractivity (Wildman–Crippen MR) is 172 cm³/mol. The van der Waals surface area contributed by atoms with Gasteiger partial charge < -0.3 is 19.5 Å². The van der Waals surface area contributed by atoms with E-state index in [0.29, 0.717) is 93.7 Å². The fourth-order valence-electron chi connectivity index (χ4n) is 7.19. The fraction of sp³-hybridized carbons (Fsp3) is 0.424. The van der Waals surface area contributed by atoms with Crippen LogP contribution in [0.3, 0.4) is 0 Å². The number of hydrogen-bond acceptors (Lipinski definition) is 8. The zero-order chi connectivity index (χ0) is 35.4. The Morgan fingerprint density at radius 2 is 1.88 bits per heavy atom. The van der Waals surface area contributed by atoms with Crippen LogP contribution in [0.1, 0.15) is 70.9 Å². The molecule has 0 bridgehead atoms. The highest BCUT2D eigenvalue weighted by Gasteiger charge is 2.44. The van der Waals surface area contributed by atoms with Crippen LogP contribution in [0, 0.1) is 12.7 Å². The molecule has 5 heterocycles. The number of carbonyl (C=O) groups excluding carboxylic acids is 2. The Balaban J connectivity index is 1.27. The quantitative estimate of drug-likeness (QED) is 0.293. The molecule has 0 atom stereocenters. The van der Waals surface area contributed by atoms with E-state index in [9.17, 15) is 31.9 Å². The molecular weight excluding hydrogens is 684 g/mol. The smallest absolute Gasteiger partial charge is 0.377 e. The molecule has 1 N–H and O–H groups in total. The van der Waals surface area contributed by atoms with Gasteiger partial charge in [-0.25, -0.2) is 14.4 Å². The number of carbonyl (C=O) groups is 2. The lowest BCUT2D eigenvalue weighted by molar-refractivity contribution is -0.137. The molecule has 262 valence electrons. The standard InChI is InChI=1S/C33H31ClF4N8O4/c1-18-13-23(40-17-39-18)29(48)44-9-7-32(8-10-44)6-2-3-24-26(32)30(49)46-31(42-28(43-46)19-4-11-50-12-5-19)45(24)16-25(47)41-27-21(34)14-20(15-22(27)35)33(36,37)38/h4,13-15,17H,2-3,5-12,16H2,1H3,(H,41,47). The van der Waals surface area contributed by atoms with E-state index in [1.165, 1.54) is 10.8 Å². The summed E-state index contributed by atoms with van der Waals surface area (Å²) < 4.78 is 62.7. The van der Waals surface area contributed by atoms with E-state index in [1.54, 1.807) is 22.5 Å². The van der Waals surface area contributed by atoms with Crippen molar-refractivity contribution in [1.29, 1.82) is 0 Å². The van der Waals surface area contributed by atoms with E-state index in [2.05, 4.69) is 25.4 Å². The van der Waals surface area contributed by atoms with Gasteiger partial charge in [0, 0.05) is 35.5 Å². The number of fused-ring (bicyclic) bond motifs is 3. The van der Waals surface area contributed by atoms with Crippen LogP contribution < -0.4 is 10.9 Å². The number of ether oxygens (including phenoxy) is 1. The number of hydrogen-bond donors (Lipinski definition) is 1. The Bertz CT molecular complexity index is 2100. The highest BCUT2D eigenvalue weighted by atomic mass is 35.5. The van der Waals surface area contributed by atoms with E-state index in [1.807, 2.05) is 6.08 Å². The molecule has 3 aliphatic rings. The Kier molecular flexibility index (Phi) is 8.70. The first kappa shape index (κ1) is 33.8. The van der Waals surface area contributed by atoms with E-state index in [0.717, 1.165) is 5.57 Å². The number of aromatic nitrogens is 6. The van der Waals surface area contributed by atoms with Crippen molar-refractivity contribution < 1.29 is 31.9 Å². The Hall–Kier alpha value is -4.70. The first-order valence-corrected chi connectivity index (χ1v) is 16.5. The molecule has 0 radical (unpaired) electrons. The highest BCUT2D eigenvalue weighted by Crippen LogP contribution is 2.44. The zero-order valence-electron chi connectivity index (χ0n) is 26.8. The lowest BCUT2D eigenvalue weighted by Gasteiger charge is -2.45. The van der Waals surface area contributed by atoms with Crippen molar-refractivity contribution in [3.63, 3.8) is 0 Å². The summed E-state index contributed by atoms with van der Waals surface area (Å²) in [6.07, 6.45) is 1.54. The number of amides is 2. The molecule has 1 aliphatic carbocycles. The summed E-state index contributed by atoms with van der Waals surface area (Å²) in [6.45, 7) is 2.83. The molecule has 50 heavy (non-hydrogen) atoms. The van der Waals surface area contributed by atoms with Gasteiger partial charge in [0.25, 0.3) is 11.5 Å². The second-order valence-electron chi connectivity index (χ2n) is 12.7. The van der Waals surface area contributed by atoms with Gasteiger partial charge in [0.15, 0.2) is 5.82 Å². The number of nitrogens with zero attached hydrogens (tertiary/aromatic N) is 7. The van der Waals surface area contributed by atoms with Crippen molar-refractivity contribution >= 4 is 40.5 Å². The van der Waals surface area contributed by atoms with Crippen LogP contribution in [0.15, 0.2) is 35.4 Å². The molecule has 1 saturated heterocycles. The van der Waals surface area contributed by atoms with Gasteiger partial charge in [-0.1, -0.05) is 17.7 Å². The maximum absolute atomic E-state index is 14.9. The number of benzene rings is 1. The zero-order valence-corrected chi connectivity index (χ0v) is 27.6. The molecule has 3 aromatic heterocycles. The van der Waals surface area contributed by atoms with Crippen LogP contribution in [0.4, 0.5) is 23.2 Å². The summed E-state index contributed by atoms with van der Waals surface area (Å²) in [5.74, 6) is -1.99. The number of aryl methyl sites for hydroxylation is 1.